The minimum absolute atomic E-state index is 0.0195. The van der Waals surface area contributed by atoms with Crippen LogP contribution < -0.4 is 10.6 Å². The molecule has 160 valence electrons. The molecular weight excluding hydrogens is 403 g/mol. The van der Waals surface area contributed by atoms with Gasteiger partial charge < -0.3 is 10.6 Å². The molecular formula is C24H22F3N3O. The number of hydrogen-bond donors (Lipinski definition) is 2. The van der Waals surface area contributed by atoms with Crippen molar-refractivity contribution in [3.63, 3.8) is 0 Å². The Balaban J connectivity index is 1.85. The number of halogens is 3. The zero-order valence-electron chi connectivity index (χ0n) is 17.2. The molecule has 2 heterocycles. The Bertz CT molecular complexity index is 1210. The molecule has 2 N–H and O–H groups in total. The molecule has 1 unspecified atom stereocenters. The van der Waals surface area contributed by atoms with E-state index in [9.17, 15) is 18.0 Å². The van der Waals surface area contributed by atoms with E-state index in [1.807, 2.05) is 19.9 Å². The smallest absolute Gasteiger partial charge is 0.252 e. The second-order valence-corrected chi connectivity index (χ2v) is 7.91. The third kappa shape index (κ3) is 3.65. The van der Waals surface area contributed by atoms with Gasteiger partial charge in [0.2, 0.25) is 0 Å². The lowest BCUT2D eigenvalue weighted by atomic mass is 9.94. The zero-order chi connectivity index (χ0) is 22.3. The van der Waals surface area contributed by atoms with Gasteiger partial charge in [-0.25, -0.2) is 13.2 Å². The summed E-state index contributed by atoms with van der Waals surface area (Å²) in [5.74, 6) is -4.60. The average Bonchev–Trinajstić information content (AvgIpc) is 3.15. The summed E-state index contributed by atoms with van der Waals surface area (Å²) in [5, 5.41) is 6.39. The number of nitrogens with zero attached hydrogens (tertiary/aromatic N) is 1. The first-order valence-corrected chi connectivity index (χ1v) is 10.1. The van der Waals surface area contributed by atoms with Crippen LogP contribution in [0.1, 0.15) is 46.9 Å². The highest BCUT2D eigenvalue weighted by Crippen LogP contribution is 2.39. The van der Waals surface area contributed by atoms with Gasteiger partial charge in [-0.2, -0.15) is 0 Å². The molecule has 1 aliphatic rings. The summed E-state index contributed by atoms with van der Waals surface area (Å²) in [6, 6.07) is 8.14. The lowest BCUT2D eigenvalue weighted by Gasteiger charge is -2.15. The molecule has 1 aromatic heterocycles. The standard InChI is InChI=1S/C24H22F3N3O/c1-4-5-13-6-7-15(24(31)29-12(2)3)14-8-9-19(30-22(13)14)17-11-28-23-16(17)10-18(25)20(26)21(23)27/h4,6-10,12,17,28H,1,5,11H2,2-3H3,(H,29,31). The number of fused-ring (bicyclic) bond motifs is 2. The number of rotatable bonds is 5. The summed E-state index contributed by atoms with van der Waals surface area (Å²) in [6.45, 7) is 7.81. The molecule has 0 saturated heterocycles. The predicted molar refractivity (Wildman–Crippen MR) is 115 cm³/mol. The van der Waals surface area contributed by atoms with Crippen molar-refractivity contribution < 1.29 is 18.0 Å². The number of hydrogen-bond acceptors (Lipinski definition) is 3. The van der Waals surface area contributed by atoms with Crippen LogP contribution in [0.25, 0.3) is 10.9 Å². The van der Waals surface area contributed by atoms with Crippen LogP contribution >= 0.6 is 0 Å². The number of benzene rings is 2. The van der Waals surface area contributed by atoms with Gasteiger partial charge in [0.05, 0.1) is 16.9 Å². The molecule has 31 heavy (non-hydrogen) atoms. The second-order valence-electron chi connectivity index (χ2n) is 7.91. The summed E-state index contributed by atoms with van der Waals surface area (Å²) in [7, 11) is 0. The number of pyridine rings is 1. The van der Waals surface area contributed by atoms with Crippen LogP contribution in [0, 0.1) is 17.5 Å². The zero-order valence-corrected chi connectivity index (χ0v) is 17.2. The van der Waals surface area contributed by atoms with E-state index in [1.165, 1.54) is 0 Å². The summed E-state index contributed by atoms with van der Waals surface area (Å²) >= 11 is 0. The van der Waals surface area contributed by atoms with E-state index in [1.54, 1.807) is 24.3 Å². The van der Waals surface area contributed by atoms with E-state index >= 15 is 0 Å². The summed E-state index contributed by atoms with van der Waals surface area (Å²) in [5.41, 5.74) is 2.88. The number of amides is 1. The third-order valence-corrected chi connectivity index (χ3v) is 5.40. The normalized spacial score (nSPS) is 15.1. The van der Waals surface area contributed by atoms with Gasteiger partial charge in [0, 0.05) is 29.5 Å². The van der Waals surface area contributed by atoms with Crippen LogP contribution in [-0.4, -0.2) is 23.5 Å². The van der Waals surface area contributed by atoms with Crippen molar-refractivity contribution in [2.75, 3.05) is 11.9 Å². The molecule has 1 aliphatic heterocycles. The summed E-state index contributed by atoms with van der Waals surface area (Å²) < 4.78 is 41.7. The molecule has 0 bridgehead atoms. The van der Waals surface area contributed by atoms with Gasteiger partial charge >= 0.3 is 0 Å². The fourth-order valence-corrected chi connectivity index (χ4v) is 3.99. The average molecular weight is 425 g/mol. The molecule has 7 heteroatoms. The first-order valence-electron chi connectivity index (χ1n) is 10.1. The van der Waals surface area contributed by atoms with Crippen molar-refractivity contribution >= 4 is 22.5 Å². The molecule has 1 atom stereocenters. The Morgan fingerprint density at radius 1 is 1.26 bits per heavy atom. The molecule has 4 nitrogen and oxygen atoms in total. The largest absolute Gasteiger partial charge is 0.381 e. The van der Waals surface area contributed by atoms with Crippen molar-refractivity contribution in [3.05, 3.63) is 82.8 Å². The number of anilines is 1. The minimum Gasteiger partial charge on any atom is -0.381 e. The Labute approximate surface area is 178 Å². The maximum absolute atomic E-state index is 14.2. The topological polar surface area (TPSA) is 54.0 Å². The number of carbonyl (C=O) groups is 1. The minimum atomic E-state index is -1.49. The van der Waals surface area contributed by atoms with Crippen LogP contribution in [0.4, 0.5) is 18.9 Å². The van der Waals surface area contributed by atoms with Gasteiger partial charge in [-0.05, 0) is 49.6 Å². The van der Waals surface area contributed by atoms with E-state index < -0.39 is 23.4 Å². The van der Waals surface area contributed by atoms with Crippen LogP contribution in [0.3, 0.4) is 0 Å². The quantitative estimate of drug-likeness (QED) is 0.443. The first kappa shape index (κ1) is 20.9. The van der Waals surface area contributed by atoms with Gasteiger partial charge in [0.15, 0.2) is 17.5 Å². The SMILES string of the molecule is C=CCc1ccc(C(=O)NC(C)C)c2ccc(C3CNc4c3cc(F)c(F)c4F)nc12. The summed E-state index contributed by atoms with van der Waals surface area (Å²) in [6.07, 6.45) is 2.30. The van der Waals surface area contributed by atoms with Crippen molar-refractivity contribution in [1.29, 1.82) is 0 Å². The first-order chi connectivity index (χ1) is 14.8. The van der Waals surface area contributed by atoms with Crippen LogP contribution in [0.2, 0.25) is 0 Å². The Kier molecular flexibility index (Phi) is 5.43. The van der Waals surface area contributed by atoms with Crippen molar-refractivity contribution in [1.82, 2.24) is 10.3 Å². The Morgan fingerprint density at radius 3 is 2.74 bits per heavy atom. The molecule has 0 aliphatic carbocycles. The molecule has 0 fully saturated rings. The monoisotopic (exact) mass is 425 g/mol. The van der Waals surface area contributed by atoms with Gasteiger partial charge in [-0.15, -0.1) is 6.58 Å². The highest BCUT2D eigenvalue weighted by molar-refractivity contribution is 6.07. The van der Waals surface area contributed by atoms with E-state index in [0.29, 0.717) is 34.1 Å². The van der Waals surface area contributed by atoms with Gasteiger partial charge in [0.25, 0.3) is 5.91 Å². The maximum atomic E-state index is 14.2. The number of allylic oxidation sites excluding steroid dienone is 1. The maximum Gasteiger partial charge on any atom is 0.252 e. The fourth-order valence-electron chi connectivity index (χ4n) is 3.99. The lowest BCUT2D eigenvalue weighted by molar-refractivity contribution is 0.0945. The van der Waals surface area contributed by atoms with E-state index in [-0.39, 0.29) is 24.2 Å². The molecule has 3 aromatic rings. The van der Waals surface area contributed by atoms with E-state index in [4.69, 9.17) is 4.98 Å². The molecule has 0 radical (unpaired) electrons. The molecule has 2 aromatic carbocycles. The Morgan fingerprint density at radius 2 is 2.03 bits per heavy atom. The van der Waals surface area contributed by atoms with Crippen molar-refractivity contribution in [3.8, 4) is 0 Å². The molecule has 4 rings (SSSR count). The lowest BCUT2D eigenvalue weighted by Crippen LogP contribution is -2.30. The van der Waals surface area contributed by atoms with Crippen LogP contribution in [0.15, 0.2) is 43.0 Å². The molecule has 0 saturated carbocycles. The predicted octanol–water partition coefficient (Wildman–Crippen LogP) is 5.08. The Hall–Kier alpha value is -3.35. The molecule has 0 spiro atoms. The van der Waals surface area contributed by atoms with Crippen molar-refractivity contribution in [2.24, 2.45) is 0 Å². The van der Waals surface area contributed by atoms with E-state index in [2.05, 4.69) is 17.2 Å². The number of aromatic nitrogens is 1. The van der Waals surface area contributed by atoms with Gasteiger partial charge in [-0.1, -0.05) is 18.2 Å². The van der Waals surface area contributed by atoms with Gasteiger partial charge in [0.1, 0.15) is 0 Å². The number of carbonyl (C=O) groups excluding carboxylic acids is 1. The summed E-state index contributed by atoms with van der Waals surface area (Å²) in [4.78, 5) is 17.4. The fraction of sp³-hybridized carbons (Fsp3) is 0.250. The van der Waals surface area contributed by atoms with Gasteiger partial charge in [-0.3, -0.25) is 9.78 Å². The van der Waals surface area contributed by atoms with Crippen LogP contribution in [-0.2, 0) is 6.42 Å². The highest BCUT2D eigenvalue weighted by atomic mass is 19.2. The molecule has 1 amide bonds. The van der Waals surface area contributed by atoms with Crippen molar-refractivity contribution in [2.45, 2.75) is 32.2 Å². The number of nitrogens with one attached hydrogen (secondary N) is 2. The second kappa shape index (κ2) is 8.06. The van der Waals surface area contributed by atoms with E-state index in [0.717, 1.165) is 11.6 Å². The highest BCUT2D eigenvalue weighted by Gasteiger charge is 2.31. The third-order valence-electron chi connectivity index (χ3n) is 5.40. The van der Waals surface area contributed by atoms with Crippen LogP contribution in [0.5, 0.6) is 0 Å².